The van der Waals surface area contributed by atoms with Crippen molar-refractivity contribution in [2.75, 3.05) is 25.4 Å². The van der Waals surface area contributed by atoms with Crippen LogP contribution in [0.5, 0.6) is 0 Å². The summed E-state index contributed by atoms with van der Waals surface area (Å²) >= 11 is 0. The Balaban J connectivity index is 2.83. The summed E-state index contributed by atoms with van der Waals surface area (Å²) in [6.07, 6.45) is 1.80. The van der Waals surface area contributed by atoms with E-state index in [4.69, 9.17) is 10.8 Å². The molecule has 0 fully saturated rings. The van der Waals surface area contributed by atoms with E-state index in [1.54, 1.807) is 0 Å². The maximum Gasteiger partial charge on any atom is 0.254 e. The lowest BCUT2D eigenvalue weighted by Crippen LogP contribution is -2.34. The van der Waals surface area contributed by atoms with Crippen molar-refractivity contribution in [3.05, 3.63) is 29.6 Å². The average Bonchev–Trinajstić information content (AvgIpc) is 2.37. The van der Waals surface area contributed by atoms with Crippen LogP contribution in [0.3, 0.4) is 0 Å². The molecule has 4 nitrogen and oxygen atoms in total. The van der Waals surface area contributed by atoms with Crippen LogP contribution in [0, 0.1) is 5.82 Å². The van der Waals surface area contributed by atoms with Gasteiger partial charge in [0.15, 0.2) is 0 Å². The average molecular weight is 254 g/mol. The summed E-state index contributed by atoms with van der Waals surface area (Å²) in [5.74, 6) is -0.878. The monoisotopic (exact) mass is 254 g/mol. The van der Waals surface area contributed by atoms with E-state index in [2.05, 4.69) is 0 Å². The summed E-state index contributed by atoms with van der Waals surface area (Å²) < 4.78 is 13.3. The highest BCUT2D eigenvalue weighted by molar-refractivity contribution is 5.94. The number of aliphatic hydroxyl groups is 1. The van der Waals surface area contributed by atoms with E-state index in [0.29, 0.717) is 6.54 Å². The minimum Gasteiger partial charge on any atom is -0.396 e. The Bertz CT molecular complexity index is 410. The van der Waals surface area contributed by atoms with Gasteiger partial charge in [-0.25, -0.2) is 4.39 Å². The van der Waals surface area contributed by atoms with Gasteiger partial charge in [-0.3, -0.25) is 4.79 Å². The molecule has 3 N–H and O–H groups in total. The van der Waals surface area contributed by atoms with Crippen LogP contribution in [-0.4, -0.2) is 35.6 Å². The molecule has 0 aliphatic rings. The van der Waals surface area contributed by atoms with Gasteiger partial charge < -0.3 is 15.7 Å². The second kappa shape index (κ2) is 6.96. The highest BCUT2D eigenvalue weighted by Crippen LogP contribution is 2.14. The van der Waals surface area contributed by atoms with E-state index in [-0.39, 0.29) is 30.3 Å². The van der Waals surface area contributed by atoms with Crippen LogP contribution in [-0.2, 0) is 0 Å². The SMILES string of the molecule is CCCCN(CCO)C(=O)c1ccc(N)c(F)c1. The van der Waals surface area contributed by atoms with Crippen molar-refractivity contribution < 1.29 is 14.3 Å². The molecule has 0 aliphatic heterocycles. The minimum atomic E-state index is -0.597. The van der Waals surface area contributed by atoms with Gasteiger partial charge in [-0.15, -0.1) is 0 Å². The number of nitrogen functional groups attached to an aromatic ring is 1. The zero-order valence-corrected chi connectivity index (χ0v) is 10.5. The summed E-state index contributed by atoms with van der Waals surface area (Å²) in [6, 6.07) is 4.00. The zero-order valence-electron chi connectivity index (χ0n) is 10.5. The summed E-state index contributed by atoms with van der Waals surface area (Å²) in [6.45, 7) is 2.73. The lowest BCUT2D eigenvalue weighted by molar-refractivity contribution is 0.0719. The molecule has 1 aromatic rings. The van der Waals surface area contributed by atoms with E-state index in [1.807, 2.05) is 6.92 Å². The third-order valence-electron chi connectivity index (χ3n) is 2.69. The van der Waals surface area contributed by atoms with Gasteiger partial charge in [0.1, 0.15) is 5.82 Å². The van der Waals surface area contributed by atoms with Gasteiger partial charge in [-0.1, -0.05) is 13.3 Å². The first-order chi connectivity index (χ1) is 8.60. The van der Waals surface area contributed by atoms with Crippen LogP contribution < -0.4 is 5.73 Å². The van der Waals surface area contributed by atoms with Crippen LogP contribution >= 0.6 is 0 Å². The largest absolute Gasteiger partial charge is 0.396 e. The van der Waals surface area contributed by atoms with Gasteiger partial charge in [0, 0.05) is 18.7 Å². The van der Waals surface area contributed by atoms with Gasteiger partial charge in [-0.05, 0) is 24.6 Å². The predicted octanol–water partition coefficient (Wildman–Crippen LogP) is 1.64. The van der Waals surface area contributed by atoms with E-state index in [0.717, 1.165) is 18.9 Å². The fourth-order valence-electron chi connectivity index (χ4n) is 1.63. The summed E-state index contributed by atoms with van der Waals surface area (Å²) in [5, 5.41) is 8.94. The number of hydrogen-bond acceptors (Lipinski definition) is 3. The summed E-state index contributed by atoms with van der Waals surface area (Å²) in [7, 11) is 0. The first-order valence-corrected chi connectivity index (χ1v) is 6.05. The van der Waals surface area contributed by atoms with E-state index in [9.17, 15) is 9.18 Å². The molecule has 100 valence electrons. The molecule has 0 spiro atoms. The Morgan fingerprint density at radius 2 is 2.17 bits per heavy atom. The first kappa shape index (κ1) is 14.4. The molecule has 1 rings (SSSR count). The molecule has 0 aliphatic carbocycles. The Morgan fingerprint density at radius 3 is 2.72 bits per heavy atom. The maximum atomic E-state index is 13.3. The molecule has 18 heavy (non-hydrogen) atoms. The van der Waals surface area contributed by atoms with Crippen molar-refractivity contribution in [1.82, 2.24) is 4.90 Å². The summed E-state index contributed by atoms with van der Waals surface area (Å²) in [5.41, 5.74) is 5.64. The van der Waals surface area contributed by atoms with Crippen LogP contribution in [0.1, 0.15) is 30.1 Å². The Morgan fingerprint density at radius 1 is 1.44 bits per heavy atom. The number of aliphatic hydroxyl groups excluding tert-OH is 1. The number of carbonyl (C=O) groups is 1. The molecule has 0 radical (unpaired) electrons. The third-order valence-corrected chi connectivity index (χ3v) is 2.69. The minimum absolute atomic E-state index is 0.0221. The van der Waals surface area contributed by atoms with E-state index >= 15 is 0 Å². The van der Waals surface area contributed by atoms with Crippen LogP contribution in [0.25, 0.3) is 0 Å². The van der Waals surface area contributed by atoms with Crippen LogP contribution in [0.15, 0.2) is 18.2 Å². The Kier molecular flexibility index (Phi) is 5.58. The quantitative estimate of drug-likeness (QED) is 0.758. The standard InChI is InChI=1S/C13H19FN2O2/c1-2-3-6-16(7-8-17)13(18)10-4-5-12(15)11(14)9-10/h4-5,9,17H,2-3,6-8,15H2,1H3. The van der Waals surface area contributed by atoms with Gasteiger partial charge in [0.2, 0.25) is 0 Å². The van der Waals surface area contributed by atoms with Crippen molar-refractivity contribution in [2.24, 2.45) is 0 Å². The molecule has 0 saturated heterocycles. The molecule has 0 heterocycles. The van der Waals surface area contributed by atoms with Gasteiger partial charge in [0.05, 0.1) is 12.3 Å². The second-order valence-corrected chi connectivity index (χ2v) is 4.11. The van der Waals surface area contributed by atoms with Crippen molar-refractivity contribution in [2.45, 2.75) is 19.8 Å². The first-order valence-electron chi connectivity index (χ1n) is 6.05. The zero-order chi connectivity index (χ0) is 13.5. The van der Waals surface area contributed by atoms with Crippen molar-refractivity contribution >= 4 is 11.6 Å². The van der Waals surface area contributed by atoms with E-state index < -0.39 is 5.82 Å². The number of carbonyl (C=O) groups excluding carboxylic acids is 1. The molecule has 0 atom stereocenters. The topological polar surface area (TPSA) is 66.6 Å². The smallest absolute Gasteiger partial charge is 0.254 e. The number of hydrogen-bond donors (Lipinski definition) is 2. The summed E-state index contributed by atoms with van der Waals surface area (Å²) in [4.78, 5) is 13.6. The van der Waals surface area contributed by atoms with Gasteiger partial charge in [0.25, 0.3) is 5.91 Å². The number of benzene rings is 1. The fraction of sp³-hybridized carbons (Fsp3) is 0.462. The molecular formula is C13H19FN2O2. The molecule has 0 bridgehead atoms. The normalized spacial score (nSPS) is 10.4. The molecule has 5 heteroatoms. The molecular weight excluding hydrogens is 235 g/mol. The number of rotatable bonds is 6. The lowest BCUT2D eigenvalue weighted by Gasteiger charge is -2.21. The van der Waals surface area contributed by atoms with Crippen LogP contribution in [0.4, 0.5) is 10.1 Å². The second-order valence-electron chi connectivity index (χ2n) is 4.11. The molecule has 1 amide bonds. The van der Waals surface area contributed by atoms with Gasteiger partial charge >= 0.3 is 0 Å². The number of amides is 1. The number of anilines is 1. The van der Waals surface area contributed by atoms with Crippen molar-refractivity contribution in [1.29, 1.82) is 0 Å². The molecule has 0 aromatic heterocycles. The number of nitrogens with two attached hydrogens (primary N) is 1. The predicted molar refractivity (Wildman–Crippen MR) is 68.7 cm³/mol. The van der Waals surface area contributed by atoms with E-state index in [1.165, 1.54) is 17.0 Å². The third kappa shape index (κ3) is 3.70. The Labute approximate surface area is 106 Å². The lowest BCUT2D eigenvalue weighted by atomic mass is 10.1. The van der Waals surface area contributed by atoms with Crippen molar-refractivity contribution in [3.63, 3.8) is 0 Å². The number of unbranched alkanes of at least 4 members (excludes halogenated alkanes) is 1. The maximum absolute atomic E-state index is 13.3. The molecule has 0 saturated carbocycles. The van der Waals surface area contributed by atoms with Crippen molar-refractivity contribution in [3.8, 4) is 0 Å². The van der Waals surface area contributed by atoms with Crippen LogP contribution in [0.2, 0.25) is 0 Å². The van der Waals surface area contributed by atoms with Gasteiger partial charge in [-0.2, -0.15) is 0 Å². The highest BCUT2D eigenvalue weighted by atomic mass is 19.1. The highest BCUT2D eigenvalue weighted by Gasteiger charge is 2.15. The number of halogens is 1. The fourth-order valence-corrected chi connectivity index (χ4v) is 1.63. The Hall–Kier alpha value is -1.62. The molecule has 0 unspecified atom stereocenters. The number of nitrogens with zero attached hydrogens (tertiary/aromatic N) is 1. The molecule has 1 aromatic carbocycles.